The van der Waals surface area contributed by atoms with Gasteiger partial charge in [-0.15, -0.1) is 0 Å². The van der Waals surface area contributed by atoms with Crippen LogP contribution in [-0.2, 0) is 21.0 Å². The number of carbonyl (C=O) groups excluding carboxylic acids is 3. The minimum absolute atomic E-state index is 0.0482. The van der Waals surface area contributed by atoms with E-state index >= 15 is 0 Å². The first kappa shape index (κ1) is 31.9. The van der Waals surface area contributed by atoms with Crippen LogP contribution in [0.3, 0.4) is 0 Å². The summed E-state index contributed by atoms with van der Waals surface area (Å²) in [7, 11) is 0. The summed E-state index contributed by atoms with van der Waals surface area (Å²) in [6.45, 7) is 5.10. The zero-order valence-electron chi connectivity index (χ0n) is 26.2. The number of halogens is 1. The van der Waals surface area contributed by atoms with Crippen LogP contribution in [0.2, 0.25) is 5.02 Å². The SMILES string of the molecule is CC1(C)CC(=O)C2=C(C1)NC1=C(O)CCC=C1N(C(=O)CCC(=O)N1CC[C@@H](O)C1)C2c1ccc(OCc2ccccc2)cc1Cl. The lowest BCUT2D eigenvalue weighted by molar-refractivity contribution is -0.136. The van der Waals surface area contributed by atoms with Crippen molar-refractivity contribution in [1.29, 1.82) is 0 Å². The van der Waals surface area contributed by atoms with E-state index in [1.807, 2.05) is 50.3 Å². The fourth-order valence-electron chi connectivity index (χ4n) is 6.85. The summed E-state index contributed by atoms with van der Waals surface area (Å²) in [5.41, 5.74) is 3.14. The van der Waals surface area contributed by atoms with Crippen LogP contribution in [0.15, 0.2) is 83.0 Å². The summed E-state index contributed by atoms with van der Waals surface area (Å²) in [6.07, 6.45) is 3.38. The van der Waals surface area contributed by atoms with Gasteiger partial charge in [0, 0.05) is 55.1 Å². The third-order valence-corrected chi connectivity index (χ3v) is 9.43. The second-order valence-electron chi connectivity index (χ2n) is 13.3. The Labute approximate surface area is 274 Å². The molecule has 2 atom stereocenters. The summed E-state index contributed by atoms with van der Waals surface area (Å²) in [4.78, 5) is 44.6. The standard InChI is InChI=1S/C36H40ClN3O6/c1-36(2)18-27-33(30(43)19-36)35(25-12-11-24(17-26(25)37)46-21-22-7-4-3-5-8-22)40(28-9-6-10-29(42)34(28)38-27)32(45)14-13-31(44)39-16-15-23(41)20-39/h3-5,7-9,11-12,17,23,35,38,41-42H,6,10,13-16,18-21H2,1-2H3/t23-,35?/m1/s1. The first-order chi connectivity index (χ1) is 22.0. The quantitative estimate of drug-likeness (QED) is 0.345. The zero-order chi connectivity index (χ0) is 32.6. The summed E-state index contributed by atoms with van der Waals surface area (Å²) < 4.78 is 6.02. The molecule has 0 aromatic heterocycles. The monoisotopic (exact) mass is 645 g/mol. The number of carbonyl (C=O) groups is 3. The first-order valence-corrected chi connectivity index (χ1v) is 16.3. The van der Waals surface area contributed by atoms with Crippen molar-refractivity contribution in [2.45, 2.75) is 77.5 Å². The van der Waals surface area contributed by atoms with Crippen LogP contribution in [0.1, 0.15) is 76.0 Å². The van der Waals surface area contributed by atoms with Crippen LogP contribution in [0.5, 0.6) is 5.75 Å². The number of β-amino-alcohol motifs (C(OH)–C–C–N with tert-alkyl or cyclic N) is 1. The number of aliphatic hydroxyl groups is 2. The third-order valence-electron chi connectivity index (χ3n) is 9.10. The van der Waals surface area contributed by atoms with E-state index in [0.29, 0.717) is 77.8 Å². The number of hydrogen-bond acceptors (Lipinski definition) is 7. The number of fused-ring (bicyclic) bond motifs is 1. The number of allylic oxidation sites excluding steroid dienone is 3. The highest BCUT2D eigenvalue weighted by molar-refractivity contribution is 6.31. The normalized spacial score (nSPS) is 22.5. The molecular weight excluding hydrogens is 606 g/mol. The maximum Gasteiger partial charge on any atom is 0.228 e. The molecule has 2 heterocycles. The van der Waals surface area contributed by atoms with Gasteiger partial charge >= 0.3 is 0 Å². The molecule has 0 bridgehead atoms. The molecular formula is C36H40ClN3O6. The Morgan fingerprint density at radius 2 is 1.85 bits per heavy atom. The Hall–Kier alpha value is -4.08. The number of Topliss-reactive ketones (excluding diaryl/α,β-unsaturated/α-hetero) is 1. The van der Waals surface area contributed by atoms with Crippen molar-refractivity contribution in [3.05, 3.63) is 99.2 Å². The summed E-state index contributed by atoms with van der Waals surface area (Å²) >= 11 is 7.00. The maximum absolute atomic E-state index is 14.4. The van der Waals surface area contributed by atoms with E-state index < -0.39 is 12.1 Å². The van der Waals surface area contributed by atoms with E-state index in [-0.39, 0.29) is 54.6 Å². The van der Waals surface area contributed by atoms with Crippen LogP contribution in [0.4, 0.5) is 0 Å². The number of nitrogens with zero attached hydrogens (tertiary/aromatic N) is 2. The molecule has 46 heavy (non-hydrogen) atoms. The van der Waals surface area contributed by atoms with Crippen molar-refractivity contribution in [1.82, 2.24) is 15.1 Å². The van der Waals surface area contributed by atoms with Crippen LogP contribution in [0.25, 0.3) is 0 Å². The molecule has 1 saturated heterocycles. The van der Waals surface area contributed by atoms with Gasteiger partial charge in [0.25, 0.3) is 0 Å². The number of benzene rings is 2. The lowest BCUT2D eigenvalue weighted by atomic mass is 9.73. The zero-order valence-corrected chi connectivity index (χ0v) is 27.0. The molecule has 2 aromatic carbocycles. The summed E-state index contributed by atoms with van der Waals surface area (Å²) in [6, 6.07) is 14.1. The molecule has 1 unspecified atom stereocenters. The van der Waals surface area contributed by atoms with E-state index in [1.54, 1.807) is 28.0 Å². The van der Waals surface area contributed by atoms with E-state index in [1.165, 1.54) is 0 Å². The van der Waals surface area contributed by atoms with Gasteiger partial charge in [0.05, 0.1) is 17.8 Å². The van der Waals surface area contributed by atoms with Crippen molar-refractivity contribution >= 4 is 29.2 Å². The van der Waals surface area contributed by atoms with Gasteiger partial charge in [0.15, 0.2) is 5.78 Å². The average Bonchev–Trinajstić information content (AvgIpc) is 3.39. The fourth-order valence-corrected chi connectivity index (χ4v) is 7.13. The van der Waals surface area contributed by atoms with Gasteiger partial charge in [0.2, 0.25) is 11.8 Å². The average molecular weight is 646 g/mol. The van der Waals surface area contributed by atoms with Crippen molar-refractivity contribution in [3.8, 4) is 5.75 Å². The molecule has 242 valence electrons. The number of nitrogens with one attached hydrogen (secondary N) is 1. The van der Waals surface area contributed by atoms with Crippen LogP contribution >= 0.6 is 11.6 Å². The van der Waals surface area contributed by atoms with Gasteiger partial charge in [-0.05, 0) is 47.9 Å². The van der Waals surface area contributed by atoms with Gasteiger partial charge in [0.1, 0.15) is 23.8 Å². The molecule has 4 aliphatic rings. The second kappa shape index (κ2) is 13.0. The first-order valence-electron chi connectivity index (χ1n) is 15.9. The Bertz CT molecular complexity index is 1650. The molecule has 2 amide bonds. The molecule has 2 aromatic rings. The van der Waals surface area contributed by atoms with Crippen LogP contribution < -0.4 is 10.1 Å². The van der Waals surface area contributed by atoms with Gasteiger partial charge in [-0.3, -0.25) is 19.3 Å². The summed E-state index contributed by atoms with van der Waals surface area (Å²) in [5, 5.41) is 24.7. The number of rotatable bonds is 7. The van der Waals surface area contributed by atoms with Gasteiger partial charge < -0.3 is 25.2 Å². The summed E-state index contributed by atoms with van der Waals surface area (Å²) in [5.74, 6) is -0.0368. The fraction of sp³-hybridized carbons (Fsp3) is 0.417. The Morgan fingerprint density at radius 1 is 1.09 bits per heavy atom. The molecule has 6 rings (SSSR count). The highest BCUT2D eigenvalue weighted by Crippen LogP contribution is 2.49. The van der Waals surface area contributed by atoms with Gasteiger partial charge in [-0.1, -0.05) is 67.9 Å². The van der Waals surface area contributed by atoms with Crippen molar-refractivity contribution in [2.24, 2.45) is 5.41 Å². The number of aliphatic hydroxyl groups excluding tert-OH is 2. The smallest absolute Gasteiger partial charge is 0.228 e. The van der Waals surface area contributed by atoms with Crippen molar-refractivity contribution < 1.29 is 29.3 Å². The topological polar surface area (TPSA) is 119 Å². The molecule has 0 spiro atoms. The molecule has 3 N–H and O–H groups in total. The number of ether oxygens (including phenoxy) is 1. The van der Waals surface area contributed by atoms with E-state index in [4.69, 9.17) is 16.3 Å². The van der Waals surface area contributed by atoms with Crippen molar-refractivity contribution in [3.63, 3.8) is 0 Å². The number of ketones is 1. The van der Waals surface area contributed by atoms with Crippen LogP contribution in [0, 0.1) is 5.41 Å². The second-order valence-corrected chi connectivity index (χ2v) is 13.7. The predicted molar refractivity (Wildman–Crippen MR) is 173 cm³/mol. The highest BCUT2D eigenvalue weighted by Gasteiger charge is 2.45. The minimum atomic E-state index is -0.896. The molecule has 9 nitrogen and oxygen atoms in total. The van der Waals surface area contributed by atoms with Crippen molar-refractivity contribution in [2.75, 3.05) is 13.1 Å². The van der Waals surface area contributed by atoms with E-state index in [2.05, 4.69) is 5.32 Å². The Kier molecular flexibility index (Phi) is 8.99. The lowest BCUT2D eigenvalue weighted by Gasteiger charge is -2.37. The largest absolute Gasteiger partial charge is 0.510 e. The molecule has 2 aliphatic heterocycles. The molecule has 2 aliphatic carbocycles. The molecule has 10 heteroatoms. The van der Waals surface area contributed by atoms with Gasteiger partial charge in [-0.25, -0.2) is 0 Å². The number of amides is 2. The van der Waals surface area contributed by atoms with Gasteiger partial charge in [-0.2, -0.15) is 0 Å². The molecule has 0 saturated carbocycles. The minimum Gasteiger partial charge on any atom is -0.510 e. The number of likely N-dealkylation sites (tertiary alicyclic amines) is 1. The van der Waals surface area contributed by atoms with E-state index in [0.717, 1.165) is 5.56 Å². The van der Waals surface area contributed by atoms with E-state index in [9.17, 15) is 24.6 Å². The highest BCUT2D eigenvalue weighted by atomic mass is 35.5. The third kappa shape index (κ3) is 6.57. The Morgan fingerprint density at radius 3 is 2.57 bits per heavy atom. The Balaban J connectivity index is 1.40. The molecule has 0 radical (unpaired) electrons. The lowest BCUT2D eigenvalue weighted by Crippen LogP contribution is -2.39. The maximum atomic E-state index is 14.4. The molecule has 1 fully saturated rings. The predicted octanol–water partition coefficient (Wildman–Crippen LogP) is 5.86. The number of hydrogen-bond donors (Lipinski definition) is 3. The van der Waals surface area contributed by atoms with Crippen LogP contribution in [-0.4, -0.2) is 56.8 Å².